The molecule has 0 radical (unpaired) electrons. The fourth-order valence-electron chi connectivity index (χ4n) is 2.46. The van der Waals surface area contributed by atoms with Crippen molar-refractivity contribution in [2.45, 2.75) is 32.0 Å². The molecular formula is C14H19F2NO2. The molecule has 19 heavy (non-hydrogen) atoms. The molecule has 0 spiro atoms. The molecule has 3 unspecified atom stereocenters. The van der Waals surface area contributed by atoms with Crippen LogP contribution in [0.15, 0.2) is 18.2 Å². The summed E-state index contributed by atoms with van der Waals surface area (Å²) in [4.78, 5) is 2.08. The van der Waals surface area contributed by atoms with Crippen molar-refractivity contribution in [3.63, 3.8) is 0 Å². The van der Waals surface area contributed by atoms with Gasteiger partial charge in [0, 0.05) is 30.3 Å². The summed E-state index contributed by atoms with van der Waals surface area (Å²) >= 11 is 0. The minimum atomic E-state index is -0.969. The Balaban J connectivity index is 2.09. The van der Waals surface area contributed by atoms with Gasteiger partial charge in [0.05, 0.1) is 19.3 Å². The third-order valence-corrected chi connectivity index (χ3v) is 3.56. The van der Waals surface area contributed by atoms with Crippen LogP contribution in [-0.2, 0) is 4.74 Å². The molecule has 3 atom stereocenters. The summed E-state index contributed by atoms with van der Waals surface area (Å²) in [5, 5.41) is 10.1. The van der Waals surface area contributed by atoms with Crippen LogP contribution in [0.3, 0.4) is 0 Å². The molecule has 0 bridgehead atoms. The molecule has 106 valence electrons. The lowest BCUT2D eigenvalue weighted by Gasteiger charge is -2.39. The molecule has 0 aliphatic carbocycles. The second-order valence-electron chi connectivity index (χ2n) is 5.11. The molecule has 1 heterocycles. The van der Waals surface area contributed by atoms with Gasteiger partial charge in [0.2, 0.25) is 0 Å². The van der Waals surface area contributed by atoms with Gasteiger partial charge in [0.25, 0.3) is 0 Å². The molecule has 1 aliphatic rings. The predicted molar refractivity (Wildman–Crippen MR) is 67.8 cm³/mol. The van der Waals surface area contributed by atoms with Gasteiger partial charge < -0.3 is 9.84 Å². The van der Waals surface area contributed by atoms with E-state index in [9.17, 15) is 13.9 Å². The van der Waals surface area contributed by atoms with Crippen molar-refractivity contribution in [3.8, 4) is 0 Å². The number of hydrogen-bond acceptors (Lipinski definition) is 3. The first-order chi connectivity index (χ1) is 8.99. The molecule has 1 aliphatic heterocycles. The predicted octanol–water partition coefficient (Wildman–Crippen LogP) is 2.11. The van der Waals surface area contributed by atoms with E-state index in [1.807, 2.05) is 13.8 Å². The van der Waals surface area contributed by atoms with Gasteiger partial charge in [-0.2, -0.15) is 0 Å². The molecule has 1 aromatic rings. The van der Waals surface area contributed by atoms with E-state index in [0.29, 0.717) is 19.8 Å². The summed E-state index contributed by atoms with van der Waals surface area (Å²) in [5.74, 6) is -1.34. The molecule has 1 aromatic carbocycles. The van der Waals surface area contributed by atoms with Crippen LogP contribution in [0.2, 0.25) is 0 Å². The Morgan fingerprint density at radius 1 is 1.32 bits per heavy atom. The molecule has 1 saturated heterocycles. The van der Waals surface area contributed by atoms with Crippen molar-refractivity contribution in [1.82, 2.24) is 4.90 Å². The lowest BCUT2D eigenvalue weighted by Crippen LogP contribution is -2.50. The highest BCUT2D eigenvalue weighted by molar-refractivity contribution is 5.21. The maximum Gasteiger partial charge on any atom is 0.131 e. The van der Waals surface area contributed by atoms with Crippen LogP contribution in [0.5, 0.6) is 0 Å². The second kappa shape index (κ2) is 5.94. The standard InChI is InChI=1S/C14H19F2NO2/c1-9-7-19-8-10(2)17(9)6-14(18)12-4-3-11(15)5-13(12)16/h3-5,9-10,14,18H,6-8H2,1-2H3. The zero-order valence-corrected chi connectivity index (χ0v) is 11.1. The third kappa shape index (κ3) is 3.29. The van der Waals surface area contributed by atoms with Crippen LogP contribution < -0.4 is 0 Å². The zero-order valence-electron chi connectivity index (χ0n) is 11.1. The highest BCUT2D eigenvalue weighted by Gasteiger charge is 2.28. The van der Waals surface area contributed by atoms with Crippen molar-refractivity contribution in [2.24, 2.45) is 0 Å². The molecule has 2 rings (SSSR count). The van der Waals surface area contributed by atoms with Crippen LogP contribution >= 0.6 is 0 Å². The van der Waals surface area contributed by atoms with Crippen molar-refractivity contribution in [2.75, 3.05) is 19.8 Å². The second-order valence-corrected chi connectivity index (χ2v) is 5.11. The maximum absolute atomic E-state index is 13.6. The number of aliphatic hydroxyl groups excluding tert-OH is 1. The number of benzene rings is 1. The van der Waals surface area contributed by atoms with E-state index in [-0.39, 0.29) is 17.6 Å². The molecule has 3 nitrogen and oxygen atoms in total. The molecule has 0 amide bonds. The Morgan fingerprint density at radius 2 is 1.95 bits per heavy atom. The molecule has 5 heteroatoms. The van der Waals surface area contributed by atoms with E-state index >= 15 is 0 Å². The van der Waals surface area contributed by atoms with Crippen LogP contribution in [0.25, 0.3) is 0 Å². The third-order valence-electron chi connectivity index (χ3n) is 3.56. The summed E-state index contributed by atoms with van der Waals surface area (Å²) in [6.45, 7) is 5.52. The highest BCUT2D eigenvalue weighted by Crippen LogP contribution is 2.22. The summed E-state index contributed by atoms with van der Waals surface area (Å²) in [5.41, 5.74) is 0.132. The minimum absolute atomic E-state index is 0.132. The average molecular weight is 271 g/mol. The lowest BCUT2D eigenvalue weighted by molar-refractivity contribution is -0.0541. The SMILES string of the molecule is CC1COCC(C)N1CC(O)c1ccc(F)cc1F. The van der Waals surface area contributed by atoms with Crippen molar-refractivity contribution < 1.29 is 18.6 Å². The summed E-state index contributed by atoms with van der Waals surface area (Å²) < 4.78 is 31.9. The van der Waals surface area contributed by atoms with E-state index in [0.717, 1.165) is 12.1 Å². The van der Waals surface area contributed by atoms with Crippen LogP contribution in [-0.4, -0.2) is 41.8 Å². The topological polar surface area (TPSA) is 32.7 Å². The number of ether oxygens (including phenoxy) is 1. The van der Waals surface area contributed by atoms with Gasteiger partial charge in [0.1, 0.15) is 11.6 Å². The van der Waals surface area contributed by atoms with E-state index in [1.165, 1.54) is 6.07 Å². The number of nitrogens with zero attached hydrogens (tertiary/aromatic N) is 1. The Morgan fingerprint density at radius 3 is 2.53 bits per heavy atom. The number of rotatable bonds is 3. The van der Waals surface area contributed by atoms with Gasteiger partial charge in [-0.25, -0.2) is 8.78 Å². The number of morpholine rings is 1. The van der Waals surface area contributed by atoms with Crippen molar-refractivity contribution in [1.29, 1.82) is 0 Å². The van der Waals surface area contributed by atoms with Crippen molar-refractivity contribution >= 4 is 0 Å². The summed E-state index contributed by atoms with van der Waals surface area (Å²) in [6.07, 6.45) is -0.969. The molecule has 1 N–H and O–H groups in total. The highest BCUT2D eigenvalue weighted by atomic mass is 19.1. The van der Waals surface area contributed by atoms with Gasteiger partial charge in [-0.15, -0.1) is 0 Å². The Kier molecular flexibility index (Phi) is 4.50. The maximum atomic E-state index is 13.6. The first-order valence-corrected chi connectivity index (χ1v) is 6.45. The van der Waals surface area contributed by atoms with Gasteiger partial charge in [-0.3, -0.25) is 4.90 Å². The summed E-state index contributed by atoms with van der Waals surface area (Å²) in [7, 11) is 0. The van der Waals surface area contributed by atoms with E-state index in [2.05, 4.69) is 4.90 Å². The van der Waals surface area contributed by atoms with Gasteiger partial charge in [0.15, 0.2) is 0 Å². The Bertz CT molecular complexity index is 431. The van der Waals surface area contributed by atoms with E-state index in [1.54, 1.807) is 0 Å². The number of aliphatic hydroxyl groups is 1. The number of hydrogen-bond donors (Lipinski definition) is 1. The van der Waals surface area contributed by atoms with Gasteiger partial charge in [-0.1, -0.05) is 6.07 Å². The van der Waals surface area contributed by atoms with Crippen LogP contribution in [0, 0.1) is 11.6 Å². The number of β-amino-alcohol motifs (C(OH)–C–C–N with tert-alkyl or cyclic N) is 1. The first-order valence-electron chi connectivity index (χ1n) is 6.45. The fourth-order valence-corrected chi connectivity index (χ4v) is 2.46. The monoisotopic (exact) mass is 271 g/mol. The Labute approximate surface area is 111 Å². The largest absolute Gasteiger partial charge is 0.387 e. The van der Waals surface area contributed by atoms with Crippen LogP contribution in [0.1, 0.15) is 25.5 Å². The van der Waals surface area contributed by atoms with Crippen molar-refractivity contribution in [3.05, 3.63) is 35.4 Å². The molecule has 0 saturated carbocycles. The Hall–Kier alpha value is -1.04. The number of halogens is 2. The van der Waals surface area contributed by atoms with E-state index in [4.69, 9.17) is 4.74 Å². The van der Waals surface area contributed by atoms with Gasteiger partial charge >= 0.3 is 0 Å². The normalized spacial score (nSPS) is 26.4. The zero-order chi connectivity index (χ0) is 14.0. The summed E-state index contributed by atoms with van der Waals surface area (Å²) in [6, 6.07) is 3.59. The van der Waals surface area contributed by atoms with Crippen LogP contribution in [0.4, 0.5) is 8.78 Å². The van der Waals surface area contributed by atoms with E-state index < -0.39 is 17.7 Å². The van der Waals surface area contributed by atoms with Gasteiger partial charge in [-0.05, 0) is 19.9 Å². The quantitative estimate of drug-likeness (QED) is 0.914. The fraction of sp³-hybridized carbons (Fsp3) is 0.571. The first kappa shape index (κ1) is 14.4. The average Bonchev–Trinajstić information content (AvgIpc) is 2.33. The molecular weight excluding hydrogens is 252 g/mol. The minimum Gasteiger partial charge on any atom is -0.387 e. The molecule has 0 aromatic heterocycles. The molecule has 1 fully saturated rings. The smallest absolute Gasteiger partial charge is 0.131 e. The lowest BCUT2D eigenvalue weighted by atomic mass is 10.1.